The third-order valence-corrected chi connectivity index (χ3v) is 2.53. The molecule has 5 nitrogen and oxygen atoms in total. The zero-order valence-electron chi connectivity index (χ0n) is 8.94. The number of aliphatic carboxylic acids is 1. The Labute approximate surface area is 89.0 Å². The van der Waals surface area contributed by atoms with Crippen molar-refractivity contribution in [3.8, 4) is 0 Å². The van der Waals surface area contributed by atoms with Gasteiger partial charge in [-0.3, -0.25) is 9.59 Å². The summed E-state index contributed by atoms with van der Waals surface area (Å²) in [5.41, 5.74) is 0. The maximum atomic E-state index is 11.5. The number of ether oxygens (including phenoxy) is 1. The molecule has 15 heavy (non-hydrogen) atoms. The fraction of sp³-hybridized carbons (Fsp3) is 0.800. The van der Waals surface area contributed by atoms with Crippen LogP contribution >= 0.6 is 0 Å². The molecule has 1 unspecified atom stereocenters. The lowest BCUT2D eigenvalue weighted by molar-refractivity contribution is -0.140. The summed E-state index contributed by atoms with van der Waals surface area (Å²) in [5, 5.41) is 8.44. The van der Waals surface area contributed by atoms with E-state index in [1.54, 1.807) is 11.9 Å². The van der Waals surface area contributed by atoms with Crippen LogP contribution in [0.4, 0.5) is 0 Å². The van der Waals surface area contributed by atoms with Crippen LogP contribution in [0.3, 0.4) is 0 Å². The minimum absolute atomic E-state index is 0.0827. The van der Waals surface area contributed by atoms with Crippen LogP contribution < -0.4 is 0 Å². The third-order valence-electron chi connectivity index (χ3n) is 2.53. The predicted molar refractivity (Wildman–Crippen MR) is 53.4 cm³/mol. The van der Waals surface area contributed by atoms with Gasteiger partial charge in [0.05, 0.1) is 13.0 Å². The zero-order valence-corrected chi connectivity index (χ0v) is 8.94. The lowest BCUT2D eigenvalue weighted by Crippen LogP contribution is -2.32. The summed E-state index contributed by atoms with van der Waals surface area (Å²) >= 11 is 0. The molecule has 1 saturated heterocycles. The van der Waals surface area contributed by atoms with Gasteiger partial charge in [0.15, 0.2) is 0 Å². The third kappa shape index (κ3) is 4.29. The summed E-state index contributed by atoms with van der Waals surface area (Å²) in [4.78, 5) is 23.3. The van der Waals surface area contributed by atoms with E-state index in [4.69, 9.17) is 9.84 Å². The summed E-state index contributed by atoms with van der Waals surface area (Å²) in [6.07, 6.45) is 0.973. The minimum Gasteiger partial charge on any atom is -0.481 e. The first-order valence-corrected chi connectivity index (χ1v) is 5.13. The van der Waals surface area contributed by atoms with Gasteiger partial charge in [0.2, 0.25) is 5.91 Å². The van der Waals surface area contributed by atoms with Crippen LogP contribution in [0.5, 0.6) is 0 Å². The molecule has 0 aromatic heterocycles. The van der Waals surface area contributed by atoms with Crippen molar-refractivity contribution in [2.45, 2.75) is 19.3 Å². The van der Waals surface area contributed by atoms with Crippen LogP contribution in [-0.2, 0) is 14.3 Å². The number of carboxylic acid groups (broad SMARTS) is 1. The van der Waals surface area contributed by atoms with Crippen LogP contribution in [-0.4, -0.2) is 48.7 Å². The molecule has 0 aromatic rings. The maximum absolute atomic E-state index is 11.5. The molecule has 0 spiro atoms. The Morgan fingerprint density at radius 3 is 2.73 bits per heavy atom. The molecule has 0 bridgehead atoms. The second-order valence-corrected chi connectivity index (χ2v) is 3.90. The molecule has 0 radical (unpaired) electrons. The Morgan fingerprint density at radius 1 is 1.47 bits per heavy atom. The minimum atomic E-state index is -0.930. The van der Waals surface area contributed by atoms with Crippen LogP contribution in [0.2, 0.25) is 0 Å². The Balaban J connectivity index is 2.22. The maximum Gasteiger partial charge on any atom is 0.303 e. The lowest BCUT2D eigenvalue weighted by Gasteiger charge is -2.19. The standard InChI is InChI=1S/C10H17NO4/c1-11(6-8-4-5-15-7-8)9(12)2-3-10(13)14/h8H,2-7H2,1H3,(H,13,14). The van der Waals surface area contributed by atoms with E-state index in [0.29, 0.717) is 19.1 Å². The molecule has 1 rings (SSSR count). The lowest BCUT2D eigenvalue weighted by atomic mass is 10.1. The molecular weight excluding hydrogens is 198 g/mol. The zero-order chi connectivity index (χ0) is 11.3. The summed E-state index contributed by atoms with van der Waals surface area (Å²) in [6, 6.07) is 0. The molecule has 0 saturated carbocycles. The van der Waals surface area contributed by atoms with Crippen molar-refractivity contribution >= 4 is 11.9 Å². The summed E-state index contributed by atoms with van der Waals surface area (Å²) in [5.74, 6) is -0.631. The van der Waals surface area contributed by atoms with Crippen molar-refractivity contribution in [3.05, 3.63) is 0 Å². The Morgan fingerprint density at radius 2 is 2.20 bits per heavy atom. The van der Waals surface area contributed by atoms with Gasteiger partial charge >= 0.3 is 5.97 Å². The molecule has 1 amide bonds. The molecule has 86 valence electrons. The first-order chi connectivity index (χ1) is 7.09. The smallest absolute Gasteiger partial charge is 0.303 e. The highest BCUT2D eigenvalue weighted by Gasteiger charge is 2.20. The highest BCUT2D eigenvalue weighted by molar-refractivity contribution is 5.80. The highest BCUT2D eigenvalue weighted by Crippen LogP contribution is 2.13. The second-order valence-electron chi connectivity index (χ2n) is 3.90. The topological polar surface area (TPSA) is 66.8 Å². The van der Waals surface area contributed by atoms with Crippen molar-refractivity contribution in [3.63, 3.8) is 0 Å². The van der Waals surface area contributed by atoms with E-state index in [9.17, 15) is 9.59 Å². The van der Waals surface area contributed by atoms with Crippen molar-refractivity contribution in [2.75, 3.05) is 26.8 Å². The average molecular weight is 215 g/mol. The van der Waals surface area contributed by atoms with Gasteiger partial charge in [-0.1, -0.05) is 0 Å². The monoisotopic (exact) mass is 215 g/mol. The number of carbonyl (C=O) groups is 2. The van der Waals surface area contributed by atoms with E-state index in [0.717, 1.165) is 13.0 Å². The van der Waals surface area contributed by atoms with E-state index < -0.39 is 5.97 Å². The van der Waals surface area contributed by atoms with E-state index in [1.807, 2.05) is 0 Å². The number of nitrogens with zero attached hydrogens (tertiary/aromatic N) is 1. The first kappa shape index (κ1) is 12.0. The molecule has 1 heterocycles. The molecule has 5 heteroatoms. The van der Waals surface area contributed by atoms with E-state index in [2.05, 4.69) is 0 Å². The SMILES string of the molecule is CN(CC1CCOC1)C(=O)CCC(=O)O. The largest absolute Gasteiger partial charge is 0.481 e. The molecule has 1 fully saturated rings. The van der Waals surface area contributed by atoms with Crippen molar-refractivity contribution in [2.24, 2.45) is 5.92 Å². The molecule has 0 aliphatic carbocycles. The van der Waals surface area contributed by atoms with Gasteiger partial charge < -0.3 is 14.7 Å². The van der Waals surface area contributed by atoms with Crippen LogP contribution in [0.1, 0.15) is 19.3 Å². The number of carbonyl (C=O) groups excluding carboxylic acids is 1. The average Bonchev–Trinajstić information content (AvgIpc) is 2.66. The molecule has 1 aliphatic rings. The number of carboxylic acids is 1. The molecule has 0 aromatic carbocycles. The van der Waals surface area contributed by atoms with Gasteiger partial charge in [-0.2, -0.15) is 0 Å². The summed E-state index contributed by atoms with van der Waals surface area (Å²) in [7, 11) is 1.71. The van der Waals surface area contributed by atoms with Crippen molar-refractivity contribution in [1.82, 2.24) is 4.90 Å². The van der Waals surface area contributed by atoms with Gasteiger partial charge in [-0.05, 0) is 6.42 Å². The van der Waals surface area contributed by atoms with Crippen LogP contribution in [0.25, 0.3) is 0 Å². The van der Waals surface area contributed by atoms with Gasteiger partial charge in [0, 0.05) is 32.5 Å². The highest BCUT2D eigenvalue weighted by atomic mass is 16.5. The van der Waals surface area contributed by atoms with Crippen molar-refractivity contribution < 1.29 is 19.4 Å². The van der Waals surface area contributed by atoms with Gasteiger partial charge in [0.25, 0.3) is 0 Å². The normalized spacial score (nSPS) is 20.2. The molecule has 1 N–H and O–H groups in total. The van der Waals surface area contributed by atoms with Gasteiger partial charge in [-0.15, -0.1) is 0 Å². The molecule has 1 aliphatic heterocycles. The summed E-state index contributed by atoms with van der Waals surface area (Å²) < 4.78 is 5.20. The Bertz CT molecular complexity index is 236. The fourth-order valence-corrected chi connectivity index (χ4v) is 1.62. The predicted octanol–water partition coefficient (Wildman–Crippen LogP) is 0.346. The van der Waals surface area contributed by atoms with E-state index in [1.165, 1.54) is 0 Å². The molecular formula is C10H17NO4. The second kappa shape index (κ2) is 5.70. The summed E-state index contributed by atoms with van der Waals surface area (Å²) in [6.45, 7) is 2.14. The van der Waals surface area contributed by atoms with Crippen LogP contribution in [0.15, 0.2) is 0 Å². The van der Waals surface area contributed by atoms with Gasteiger partial charge in [0.1, 0.15) is 0 Å². The first-order valence-electron chi connectivity index (χ1n) is 5.13. The quantitative estimate of drug-likeness (QED) is 0.718. The Kier molecular flexibility index (Phi) is 4.55. The van der Waals surface area contributed by atoms with Crippen LogP contribution in [0, 0.1) is 5.92 Å². The number of hydrogen-bond donors (Lipinski definition) is 1. The fourth-order valence-electron chi connectivity index (χ4n) is 1.62. The number of rotatable bonds is 5. The number of amides is 1. The van der Waals surface area contributed by atoms with Crippen molar-refractivity contribution in [1.29, 1.82) is 0 Å². The van der Waals surface area contributed by atoms with E-state index in [-0.39, 0.29) is 18.7 Å². The van der Waals surface area contributed by atoms with Gasteiger partial charge in [-0.25, -0.2) is 0 Å². The Hall–Kier alpha value is -1.10. The molecule has 1 atom stereocenters. The van der Waals surface area contributed by atoms with E-state index >= 15 is 0 Å². The number of hydrogen-bond acceptors (Lipinski definition) is 3.